The summed E-state index contributed by atoms with van der Waals surface area (Å²) in [7, 11) is 0. The highest BCUT2D eigenvalue weighted by Crippen LogP contribution is 2.28. The van der Waals surface area contributed by atoms with E-state index in [4.69, 9.17) is 0 Å². The van der Waals surface area contributed by atoms with Gasteiger partial charge in [0, 0.05) is 42.0 Å². The van der Waals surface area contributed by atoms with Gasteiger partial charge in [0.25, 0.3) is 5.91 Å². The van der Waals surface area contributed by atoms with Crippen molar-refractivity contribution in [1.82, 2.24) is 15.2 Å². The largest absolute Gasteiger partial charge is 0.353 e. The lowest BCUT2D eigenvalue weighted by atomic mass is 9.96. The second kappa shape index (κ2) is 7.43. The van der Waals surface area contributed by atoms with E-state index in [-0.39, 0.29) is 17.7 Å². The molecule has 2 amide bonds. The van der Waals surface area contributed by atoms with E-state index in [2.05, 4.69) is 16.4 Å². The Morgan fingerprint density at radius 2 is 1.96 bits per heavy atom. The SMILES string of the molecule is CC(C)[C@@H]1C(=O)NCCN1C(=O)c1cccc(-c2cncc3ccccc23)c1. The van der Waals surface area contributed by atoms with Gasteiger partial charge in [-0.15, -0.1) is 0 Å². The van der Waals surface area contributed by atoms with E-state index in [1.807, 2.05) is 68.7 Å². The molecule has 1 aliphatic rings. The summed E-state index contributed by atoms with van der Waals surface area (Å²) in [6.07, 6.45) is 3.67. The number of amides is 2. The predicted octanol–water partition coefficient (Wildman–Crippen LogP) is 3.50. The van der Waals surface area contributed by atoms with Crippen LogP contribution in [0.3, 0.4) is 0 Å². The van der Waals surface area contributed by atoms with Gasteiger partial charge in [-0.25, -0.2) is 0 Å². The molecule has 1 atom stereocenters. The van der Waals surface area contributed by atoms with Crippen LogP contribution in [0.2, 0.25) is 0 Å². The van der Waals surface area contributed by atoms with Crippen molar-refractivity contribution in [2.24, 2.45) is 5.92 Å². The zero-order valence-corrected chi connectivity index (χ0v) is 16.1. The van der Waals surface area contributed by atoms with E-state index in [1.165, 1.54) is 0 Å². The maximum Gasteiger partial charge on any atom is 0.254 e. The summed E-state index contributed by atoms with van der Waals surface area (Å²) >= 11 is 0. The van der Waals surface area contributed by atoms with Crippen molar-refractivity contribution in [1.29, 1.82) is 0 Å². The molecule has 142 valence electrons. The molecule has 0 aliphatic carbocycles. The third-order valence-electron chi connectivity index (χ3n) is 5.24. The second-order valence-corrected chi connectivity index (χ2v) is 7.47. The van der Waals surface area contributed by atoms with Crippen LogP contribution in [0.5, 0.6) is 0 Å². The first-order valence-electron chi connectivity index (χ1n) is 9.58. The van der Waals surface area contributed by atoms with Gasteiger partial charge in [-0.2, -0.15) is 0 Å². The first kappa shape index (κ1) is 18.2. The van der Waals surface area contributed by atoms with E-state index < -0.39 is 6.04 Å². The van der Waals surface area contributed by atoms with Crippen molar-refractivity contribution in [3.8, 4) is 11.1 Å². The number of carbonyl (C=O) groups is 2. The molecule has 0 bridgehead atoms. The molecular formula is C23H23N3O2. The molecule has 2 aromatic carbocycles. The molecule has 0 radical (unpaired) electrons. The summed E-state index contributed by atoms with van der Waals surface area (Å²) in [4.78, 5) is 31.6. The molecule has 1 N–H and O–H groups in total. The van der Waals surface area contributed by atoms with Gasteiger partial charge < -0.3 is 10.2 Å². The number of hydrogen-bond donors (Lipinski definition) is 1. The predicted molar refractivity (Wildman–Crippen MR) is 110 cm³/mol. The van der Waals surface area contributed by atoms with Crippen molar-refractivity contribution in [3.63, 3.8) is 0 Å². The molecular weight excluding hydrogens is 350 g/mol. The highest BCUT2D eigenvalue weighted by Gasteiger charge is 2.35. The van der Waals surface area contributed by atoms with Gasteiger partial charge in [-0.3, -0.25) is 14.6 Å². The summed E-state index contributed by atoms with van der Waals surface area (Å²) in [5.41, 5.74) is 2.52. The summed E-state index contributed by atoms with van der Waals surface area (Å²) in [6.45, 7) is 4.94. The fourth-order valence-electron chi connectivity index (χ4n) is 3.91. The van der Waals surface area contributed by atoms with Gasteiger partial charge in [-0.05, 0) is 29.0 Å². The van der Waals surface area contributed by atoms with Crippen LogP contribution in [-0.4, -0.2) is 40.8 Å². The fourth-order valence-corrected chi connectivity index (χ4v) is 3.91. The number of nitrogens with zero attached hydrogens (tertiary/aromatic N) is 2. The first-order chi connectivity index (χ1) is 13.6. The number of piperazine rings is 1. The number of carbonyl (C=O) groups excluding carboxylic acids is 2. The van der Waals surface area contributed by atoms with Crippen molar-refractivity contribution < 1.29 is 9.59 Å². The third-order valence-corrected chi connectivity index (χ3v) is 5.24. The molecule has 0 spiro atoms. The van der Waals surface area contributed by atoms with E-state index in [1.54, 1.807) is 4.90 Å². The minimum absolute atomic E-state index is 0.0506. The van der Waals surface area contributed by atoms with Gasteiger partial charge in [0.05, 0.1) is 0 Å². The summed E-state index contributed by atoms with van der Waals surface area (Å²) < 4.78 is 0. The van der Waals surface area contributed by atoms with Crippen LogP contribution in [0.1, 0.15) is 24.2 Å². The number of aromatic nitrogens is 1. The number of nitrogens with one attached hydrogen (secondary N) is 1. The van der Waals surface area contributed by atoms with Crippen LogP contribution < -0.4 is 5.32 Å². The number of hydrogen-bond acceptors (Lipinski definition) is 3. The Labute approximate surface area is 164 Å². The van der Waals surface area contributed by atoms with Crippen LogP contribution in [0.15, 0.2) is 60.9 Å². The molecule has 0 saturated carbocycles. The molecule has 1 saturated heterocycles. The Kier molecular flexibility index (Phi) is 4.82. The summed E-state index contributed by atoms with van der Waals surface area (Å²) in [5, 5.41) is 5.02. The molecule has 28 heavy (non-hydrogen) atoms. The average Bonchev–Trinajstić information content (AvgIpc) is 2.72. The van der Waals surface area contributed by atoms with Crippen LogP contribution in [0.4, 0.5) is 0 Å². The van der Waals surface area contributed by atoms with Crippen LogP contribution >= 0.6 is 0 Å². The first-order valence-corrected chi connectivity index (χ1v) is 9.58. The second-order valence-electron chi connectivity index (χ2n) is 7.47. The molecule has 5 nitrogen and oxygen atoms in total. The lowest BCUT2D eigenvalue weighted by molar-refractivity contribution is -0.129. The Morgan fingerprint density at radius 3 is 2.79 bits per heavy atom. The standard InChI is InChI=1S/C23H23N3O2/c1-15(2)21-22(27)25-10-11-26(21)23(28)17-8-5-7-16(12-17)20-14-24-13-18-6-3-4-9-19(18)20/h3-9,12-15,21H,10-11H2,1-2H3,(H,25,27)/t21-/m1/s1. The van der Waals surface area contributed by atoms with Gasteiger partial charge in [-0.1, -0.05) is 50.2 Å². The van der Waals surface area contributed by atoms with Gasteiger partial charge in [0.2, 0.25) is 5.91 Å². The lowest BCUT2D eigenvalue weighted by Gasteiger charge is -2.37. The topological polar surface area (TPSA) is 62.3 Å². The Hall–Kier alpha value is -3.21. The molecule has 4 rings (SSSR count). The zero-order valence-electron chi connectivity index (χ0n) is 16.1. The highest BCUT2D eigenvalue weighted by molar-refractivity contribution is 6.01. The van der Waals surface area contributed by atoms with Crippen molar-refractivity contribution >= 4 is 22.6 Å². The molecule has 1 fully saturated rings. The van der Waals surface area contributed by atoms with Crippen molar-refractivity contribution in [2.45, 2.75) is 19.9 Å². The Morgan fingerprint density at radius 1 is 1.14 bits per heavy atom. The van der Waals surface area contributed by atoms with E-state index in [0.29, 0.717) is 18.7 Å². The van der Waals surface area contributed by atoms with Gasteiger partial charge in [0.1, 0.15) is 6.04 Å². The quantitative estimate of drug-likeness (QED) is 0.764. The van der Waals surface area contributed by atoms with E-state index in [0.717, 1.165) is 21.9 Å². The Bertz CT molecular complexity index is 1040. The maximum absolute atomic E-state index is 13.2. The molecule has 1 aliphatic heterocycles. The smallest absolute Gasteiger partial charge is 0.254 e. The molecule has 5 heteroatoms. The maximum atomic E-state index is 13.2. The minimum Gasteiger partial charge on any atom is -0.353 e. The summed E-state index contributed by atoms with van der Waals surface area (Å²) in [6, 6.07) is 15.2. The Balaban J connectivity index is 1.72. The highest BCUT2D eigenvalue weighted by atomic mass is 16.2. The van der Waals surface area contributed by atoms with Crippen LogP contribution in [0, 0.1) is 5.92 Å². The van der Waals surface area contributed by atoms with Crippen molar-refractivity contribution in [3.05, 3.63) is 66.5 Å². The van der Waals surface area contributed by atoms with Gasteiger partial charge >= 0.3 is 0 Å². The number of benzene rings is 2. The van der Waals surface area contributed by atoms with Crippen LogP contribution in [-0.2, 0) is 4.79 Å². The molecule has 3 aromatic rings. The third kappa shape index (κ3) is 3.24. The zero-order chi connectivity index (χ0) is 19.7. The molecule has 0 unspecified atom stereocenters. The molecule has 1 aromatic heterocycles. The van der Waals surface area contributed by atoms with Crippen molar-refractivity contribution in [2.75, 3.05) is 13.1 Å². The minimum atomic E-state index is -0.441. The number of pyridine rings is 1. The normalized spacial score (nSPS) is 17.0. The van der Waals surface area contributed by atoms with Crippen LogP contribution in [0.25, 0.3) is 21.9 Å². The van der Waals surface area contributed by atoms with E-state index >= 15 is 0 Å². The average molecular weight is 373 g/mol. The summed E-state index contributed by atoms with van der Waals surface area (Å²) in [5.74, 6) is -0.137. The fraction of sp³-hybridized carbons (Fsp3) is 0.261. The van der Waals surface area contributed by atoms with E-state index in [9.17, 15) is 9.59 Å². The monoisotopic (exact) mass is 373 g/mol. The van der Waals surface area contributed by atoms with Gasteiger partial charge in [0.15, 0.2) is 0 Å². The number of fused-ring (bicyclic) bond motifs is 1. The molecule has 2 heterocycles. The lowest BCUT2D eigenvalue weighted by Crippen LogP contribution is -2.59. The number of rotatable bonds is 3.